The second-order valence-corrected chi connectivity index (χ2v) is 7.88. The predicted octanol–water partition coefficient (Wildman–Crippen LogP) is 3.10. The summed E-state index contributed by atoms with van der Waals surface area (Å²) in [6.45, 7) is 1.68. The Kier molecular flexibility index (Phi) is 6.38. The van der Waals surface area contributed by atoms with Gasteiger partial charge in [0, 0.05) is 24.8 Å². The van der Waals surface area contributed by atoms with Crippen molar-refractivity contribution in [3.63, 3.8) is 0 Å². The van der Waals surface area contributed by atoms with Crippen molar-refractivity contribution in [2.24, 2.45) is 0 Å². The van der Waals surface area contributed by atoms with Crippen LogP contribution in [0.25, 0.3) is 0 Å². The van der Waals surface area contributed by atoms with E-state index in [1.165, 1.54) is 0 Å². The van der Waals surface area contributed by atoms with Gasteiger partial charge in [0.2, 0.25) is 5.91 Å². The molecule has 2 fully saturated rings. The Morgan fingerprint density at radius 3 is 2.53 bits per heavy atom. The molecule has 2 aromatic rings. The number of nitrogens with zero attached hydrogens (tertiary/aromatic N) is 2. The first-order valence-corrected chi connectivity index (χ1v) is 10.5. The van der Waals surface area contributed by atoms with Crippen molar-refractivity contribution in [1.29, 1.82) is 0 Å². The molecule has 0 spiro atoms. The molecule has 0 unspecified atom stereocenters. The molecule has 1 atom stereocenters. The Morgan fingerprint density at radius 1 is 1.13 bits per heavy atom. The number of rotatable bonds is 9. The van der Waals surface area contributed by atoms with Crippen LogP contribution in [-0.2, 0) is 16.1 Å². The summed E-state index contributed by atoms with van der Waals surface area (Å²) in [5.41, 5.74) is 0.562. The van der Waals surface area contributed by atoms with Gasteiger partial charge in [0.1, 0.15) is 18.1 Å². The van der Waals surface area contributed by atoms with E-state index in [2.05, 4.69) is 0 Å². The van der Waals surface area contributed by atoms with Gasteiger partial charge in [-0.3, -0.25) is 9.59 Å². The lowest BCUT2D eigenvalue weighted by molar-refractivity contribution is -0.134. The highest BCUT2D eigenvalue weighted by molar-refractivity contribution is 5.97. The topological polar surface area (TPSA) is 72.2 Å². The van der Waals surface area contributed by atoms with Gasteiger partial charge in [-0.25, -0.2) is 0 Å². The molecule has 7 heteroatoms. The van der Waals surface area contributed by atoms with E-state index in [-0.39, 0.29) is 30.5 Å². The van der Waals surface area contributed by atoms with Crippen molar-refractivity contribution in [2.75, 3.05) is 26.8 Å². The Bertz CT molecular complexity index is 839. The van der Waals surface area contributed by atoms with Crippen LogP contribution in [0.1, 0.15) is 41.8 Å². The van der Waals surface area contributed by atoms with Crippen LogP contribution >= 0.6 is 0 Å². The second-order valence-electron chi connectivity index (χ2n) is 7.88. The van der Waals surface area contributed by atoms with Gasteiger partial charge in [-0.15, -0.1) is 0 Å². The van der Waals surface area contributed by atoms with E-state index in [1.54, 1.807) is 47.4 Å². The first kappa shape index (κ1) is 20.5. The van der Waals surface area contributed by atoms with Gasteiger partial charge in [0.15, 0.2) is 0 Å². The zero-order valence-electron chi connectivity index (χ0n) is 17.3. The Labute approximate surface area is 176 Å². The van der Waals surface area contributed by atoms with E-state index < -0.39 is 0 Å². The summed E-state index contributed by atoms with van der Waals surface area (Å²) in [4.78, 5) is 29.8. The molecule has 1 aliphatic carbocycles. The fourth-order valence-electron chi connectivity index (χ4n) is 3.78. The summed E-state index contributed by atoms with van der Waals surface area (Å²) in [5, 5.41) is 0. The van der Waals surface area contributed by atoms with E-state index in [0.717, 1.165) is 38.1 Å². The maximum atomic E-state index is 13.3. The number of hydrogen-bond acceptors (Lipinski definition) is 5. The molecule has 7 nitrogen and oxygen atoms in total. The lowest BCUT2D eigenvalue weighted by Gasteiger charge is -2.29. The molecule has 4 rings (SSSR count). The largest absolute Gasteiger partial charge is 0.497 e. The van der Waals surface area contributed by atoms with Crippen LogP contribution in [0.15, 0.2) is 47.1 Å². The van der Waals surface area contributed by atoms with Crippen LogP contribution in [0.2, 0.25) is 0 Å². The van der Waals surface area contributed by atoms with Crippen molar-refractivity contribution in [3.05, 3.63) is 54.0 Å². The number of hydrogen-bond donors (Lipinski definition) is 0. The first-order valence-electron chi connectivity index (χ1n) is 10.5. The molecule has 2 amide bonds. The highest BCUT2D eigenvalue weighted by atomic mass is 16.5. The minimum atomic E-state index is -0.122. The molecule has 160 valence electrons. The number of amides is 2. The molecule has 1 saturated carbocycles. The highest BCUT2D eigenvalue weighted by Crippen LogP contribution is 2.29. The fourth-order valence-corrected chi connectivity index (χ4v) is 3.78. The molecular weight excluding hydrogens is 384 g/mol. The summed E-state index contributed by atoms with van der Waals surface area (Å²) in [6.07, 6.45) is 5.46. The average molecular weight is 412 g/mol. The summed E-state index contributed by atoms with van der Waals surface area (Å²) in [6, 6.07) is 10.8. The summed E-state index contributed by atoms with van der Waals surface area (Å²) >= 11 is 0. The molecule has 30 heavy (non-hydrogen) atoms. The lowest BCUT2D eigenvalue weighted by atomic mass is 10.1. The fraction of sp³-hybridized carbons (Fsp3) is 0.478. The second kappa shape index (κ2) is 9.34. The van der Waals surface area contributed by atoms with Crippen molar-refractivity contribution >= 4 is 11.8 Å². The van der Waals surface area contributed by atoms with E-state index in [9.17, 15) is 9.59 Å². The minimum Gasteiger partial charge on any atom is -0.497 e. The quantitative estimate of drug-likeness (QED) is 0.633. The summed E-state index contributed by atoms with van der Waals surface area (Å²) in [7, 11) is 1.59. The van der Waals surface area contributed by atoms with Crippen molar-refractivity contribution in [3.8, 4) is 5.75 Å². The predicted molar refractivity (Wildman–Crippen MR) is 110 cm³/mol. The Balaban J connectivity index is 1.46. The van der Waals surface area contributed by atoms with E-state index in [4.69, 9.17) is 13.9 Å². The van der Waals surface area contributed by atoms with Crippen LogP contribution in [0.4, 0.5) is 0 Å². The third-order valence-corrected chi connectivity index (χ3v) is 5.62. The number of ether oxygens (including phenoxy) is 2. The third-order valence-electron chi connectivity index (χ3n) is 5.62. The normalized spacial score (nSPS) is 18.2. The minimum absolute atomic E-state index is 0.0376. The van der Waals surface area contributed by atoms with Gasteiger partial charge in [0.25, 0.3) is 5.91 Å². The zero-order valence-corrected chi connectivity index (χ0v) is 17.3. The van der Waals surface area contributed by atoms with Crippen LogP contribution in [-0.4, -0.2) is 60.6 Å². The molecule has 0 radical (unpaired) electrons. The maximum absolute atomic E-state index is 13.3. The van der Waals surface area contributed by atoms with Crippen LogP contribution in [0.5, 0.6) is 5.75 Å². The van der Waals surface area contributed by atoms with E-state index >= 15 is 0 Å². The van der Waals surface area contributed by atoms with Crippen LogP contribution in [0, 0.1) is 0 Å². The number of carbonyl (C=O) groups excluding carboxylic acids is 2. The average Bonchev–Trinajstić information content (AvgIpc) is 3.23. The summed E-state index contributed by atoms with van der Waals surface area (Å²) < 4.78 is 16.4. The monoisotopic (exact) mass is 412 g/mol. The smallest absolute Gasteiger partial charge is 0.254 e. The standard InChI is InChI=1S/C23H28N2O5/c1-28-19-10-6-17(7-11-19)23(27)25(18-8-9-18)16-22(26)24(14-20-4-2-12-29-20)15-21-5-3-13-30-21/h2,4,6-7,10-12,18,21H,3,5,8-9,13-16H2,1H3/t21-/m1/s1. The molecule has 0 bridgehead atoms. The van der Waals surface area contributed by atoms with Crippen LogP contribution < -0.4 is 4.74 Å². The molecule has 2 aliphatic rings. The van der Waals surface area contributed by atoms with E-state index in [0.29, 0.717) is 24.4 Å². The number of methoxy groups -OCH3 is 1. The van der Waals surface area contributed by atoms with Crippen molar-refractivity contribution in [2.45, 2.75) is 44.4 Å². The Hall–Kier alpha value is -2.80. The van der Waals surface area contributed by atoms with Gasteiger partial charge >= 0.3 is 0 Å². The van der Waals surface area contributed by atoms with Gasteiger partial charge < -0.3 is 23.7 Å². The van der Waals surface area contributed by atoms with Crippen molar-refractivity contribution in [1.82, 2.24) is 9.80 Å². The molecule has 1 aromatic heterocycles. The molecule has 1 saturated heterocycles. The Morgan fingerprint density at radius 2 is 1.93 bits per heavy atom. The maximum Gasteiger partial charge on any atom is 0.254 e. The summed E-state index contributed by atoms with van der Waals surface area (Å²) in [5.74, 6) is 1.21. The number of benzene rings is 1. The van der Waals surface area contributed by atoms with Gasteiger partial charge in [-0.1, -0.05) is 0 Å². The van der Waals surface area contributed by atoms with Gasteiger partial charge in [-0.05, 0) is 62.1 Å². The molecule has 1 aromatic carbocycles. The van der Waals surface area contributed by atoms with Crippen molar-refractivity contribution < 1.29 is 23.5 Å². The van der Waals surface area contributed by atoms with Gasteiger partial charge in [-0.2, -0.15) is 0 Å². The highest BCUT2D eigenvalue weighted by Gasteiger charge is 2.36. The first-order chi connectivity index (χ1) is 14.6. The zero-order chi connectivity index (χ0) is 20.9. The molecule has 1 aliphatic heterocycles. The molecular formula is C23H28N2O5. The molecule has 2 heterocycles. The lowest BCUT2D eigenvalue weighted by Crippen LogP contribution is -2.45. The number of furan rings is 1. The molecule has 0 N–H and O–H groups in total. The third kappa shape index (κ3) is 5.02. The number of carbonyl (C=O) groups is 2. The van der Waals surface area contributed by atoms with Crippen LogP contribution in [0.3, 0.4) is 0 Å². The SMILES string of the molecule is COc1ccc(C(=O)N(CC(=O)N(Cc2ccco2)C[C@H]2CCCO2)C2CC2)cc1. The van der Waals surface area contributed by atoms with Gasteiger partial charge in [0.05, 0.1) is 26.0 Å². The van der Waals surface area contributed by atoms with E-state index in [1.807, 2.05) is 12.1 Å².